The van der Waals surface area contributed by atoms with Crippen LogP contribution < -0.4 is 15.4 Å². The van der Waals surface area contributed by atoms with E-state index in [2.05, 4.69) is 58.2 Å². The zero-order valence-electron chi connectivity index (χ0n) is 32.4. The number of hydrogen-bond donors (Lipinski definition) is 2. The lowest BCUT2D eigenvalue weighted by atomic mass is 9.76. The summed E-state index contributed by atoms with van der Waals surface area (Å²) in [6.45, 7) is 20.2. The number of rotatable bonds is 14. The fourth-order valence-corrected chi connectivity index (χ4v) is 6.17. The monoisotopic (exact) mass is 740 g/mol. The van der Waals surface area contributed by atoms with Crippen molar-refractivity contribution in [2.24, 2.45) is 5.41 Å². The normalized spacial score (nSPS) is 17.1. The molecule has 0 radical (unpaired) electrons. The van der Waals surface area contributed by atoms with Crippen LogP contribution in [0, 0.1) is 5.41 Å². The molecule has 3 unspecified atom stereocenters. The molecular formula is C39H53ClN4O8. The molecule has 0 bridgehead atoms. The van der Waals surface area contributed by atoms with Gasteiger partial charge in [0.25, 0.3) is 22.7 Å². The molecule has 1 heterocycles. The Bertz CT molecular complexity index is 1730. The van der Waals surface area contributed by atoms with Crippen molar-refractivity contribution in [1.29, 1.82) is 0 Å². The number of amides is 6. The maximum Gasteiger partial charge on any atom is 0.338 e. The topological polar surface area (TPSA) is 151 Å². The van der Waals surface area contributed by atoms with E-state index in [1.807, 2.05) is 19.1 Å². The van der Waals surface area contributed by atoms with E-state index in [1.54, 1.807) is 12.1 Å². The molecule has 3 atom stereocenters. The summed E-state index contributed by atoms with van der Waals surface area (Å²) in [5.41, 5.74) is 0.999. The van der Waals surface area contributed by atoms with Gasteiger partial charge in [0.05, 0.1) is 0 Å². The summed E-state index contributed by atoms with van der Waals surface area (Å²) in [6, 6.07) is 10.9. The minimum atomic E-state index is -2.90. The lowest BCUT2D eigenvalue weighted by Crippen LogP contribution is -2.63. The van der Waals surface area contributed by atoms with Crippen LogP contribution in [0.25, 0.3) is 0 Å². The molecular weight excluding hydrogens is 688 g/mol. The van der Waals surface area contributed by atoms with Crippen LogP contribution in [0.4, 0.5) is 16.2 Å². The van der Waals surface area contributed by atoms with Gasteiger partial charge in [-0.2, -0.15) is 0 Å². The van der Waals surface area contributed by atoms with Crippen molar-refractivity contribution in [3.63, 3.8) is 0 Å². The Morgan fingerprint density at radius 2 is 1.44 bits per heavy atom. The van der Waals surface area contributed by atoms with Gasteiger partial charge in [-0.3, -0.25) is 24.0 Å². The van der Waals surface area contributed by atoms with Crippen LogP contribution in [0.3, 0.4) is 0 Å². The highest BCUT2D eigenvalue weighted by atomic mass is 35.5. The minimum absolute atomic E-state index is 0.0387. The zero-order chi connectivity index (χ0) is 39.6. The van der Waals surface area contributed by atoms with Gasteiger partial charge in [-0.05, 0) is 59.9 Å². The number of anilines is 2. The van der Waals surface area contributed by atoms with Crippen LogP contribution in [-0.2, 0) is 39.5 Å². The van der Waals surface area contributed by atoms with Gasteiger partial charge in [0, 0.05) is 36.4 Å². The van der Waals surface area contributed by atoms with Crippen molar-refractivity contribution in [1.82, 2.24) is 9.80 Å². The van der Waals surface area contributed by atoms with E-state index in [4.69, 9.17) is 21.1 Å². The first kappa shape index (κ1) is 42.1. The predicted octanol–water partition coefficient (Wildman–Crippen LogP) is 7.13. The fourth-order valence-electron chi connectivity index (χ4n) is 5.68. The van der Waals surface area contributed by atoms with Gasteiger partial charge in [-0.25, -0.2) is 14.6 Å². The van der Waals surface area contributed by atoms with Gasteiger partial charge < -0.3 is 20.1 Å². The van der Waals surface area contributed by atoms with E-state index < -0.39 is 58.2 Å². The van der Waals surface area contributed by atoms with Crippen molar-refractivity contribution >= 4 is 58.4 Å². The van der Waals surface area contributed by atoms with Gasteiger partial charge in [-0.15, -0.1) is 0 Å². The lowest BCUT2D eigenvalue weighted by Gasteiger charge is -2.35. The van der Waals surface area contributed by atoms with Gasteiger partial charge in [0.15, 0.2) is 11.9 Å². The van der Waals surface area contributed by atoms with Crippen molar-refractivity contribution in [2.75, 3.05) is 17.7 Å². The standard InChI is InChI=1S/C39H53ClN4O8/c1-13-28(52-29-20-19-24(37(8,9)14-2)21-27(29)38(10,11)15-3)30(46)41-25-17-16-18-26(22-25)42-34(49)39(40,33(48)36(5,6)7)44-31(47)32(51-12)43(23(4)45)35(44)50/h16-22,28,32H,13-15H2,1-12H3,(H,41,46)(H,42,49). The third-order valence-electron chi connectivity index (χ3n) is 9.80. The summed E-state index contributed by atoms with van der Waals surface area (Å²) in [5.74, 6) is -4.03. The smallest absolute Gasteiger partial charge is 0.338 e. The van der Waals surface area contributed by atoms with Crippen LogP contribution in [0.5, 0.6) is 5.75 Å². The molecule has 2 aromatic carbocycles. The Hall–Kier alpha value is -4.29. The average Bonchev–Trinajstić information content (AvgIpc) is 3.34. The Morgan fingerprint density at radius 3 is 1.92 bits per heavy atom. The van der Waals surface area contributed by atoms with E-state index >= 15 is 0 Å². The Labute approximate surface area is 311 Å². The van der Waals surface area contributed by atoms with Gasteiger partial charge in [0.1, 0.15) is 5.75 Å². The first-order valence-electron chi connectivity index (χ1n) is 17.5. The van der Waals surface area contributed by atoms with Crippen molar-refractivity contribution in [3.05, 3.63) is 53.6 Å². The second-order valence-corrected chi connectivity index (χ2v) is 15.9. The number of benzene rings is 2. The van der Waals surface area contributed by atoms with Crippen LogP contribution in [-0.4, -0.2) is 69.7 Å². The summed E-state index contributed by atoms with van der Waals surface area (Å²) >= 11 is 6.77. The number of Topliss-reactive ketones (excluding diaryl/α,β-unsaturated/α-hetero) is 1. The highest BCUT2D eigenvalue weighted by molar-refractivity contribution is 6.50. The van der Waals surface area contributed by atoms with E-state index in [0.29, 0.717) is 17.1 Å². The summed E-state index contributed by atoms with van der Waals surface area (Å²) in [6.07, 6.45) is -0.411. The minimum Gasteiger partial charge on any atom is -0.480 e. The molecule has 1 aliphatic rings. The molecule has 6 amide bonds. The largest absolute Gasteiger partial charge is 0.480 e. The predicted molar refractivity (Wildman–Crippen MR) is 200 cm³/mol. The number of nitrogens with zero attached hydrogens (tertiary/aromatic N) is 2. The number of ether oxygens (including phenoxy) is 2. The molecule has 52 heavy (non-hydrogen) atoms. The van der Waals surface area contributed by atoms with Gasteiger partial charge >= 0.3 is 6.03 Å². The highest BCUT2D eigenvalue weighted by Gasteiger charge is 2.64. The summed E-state index contributed by atoms with van der Waals surface area (Å²) in [5, 5.41) is 5.35. The van der Waals surface area contributed by atoms with Crippen molar-refractivity contribution in [2.45, 2.75) is 124 Å². The van der Waals surface area contributed by atoms with Crippen LogP contribution in [0.1, 0.15) is 107 Å². The number of ketones is 1. The number of methoxy groups -OCH3 is 1. The summed E-state index contributed by atoms with van der Waals surface area (Å²) in [4.78, 5) is 78.2. The van der Waals surface area contributed by atoms with E-state index in [1.165, 1.54) is 38.5 Å². The Morgan fingerprint density at radius 1 is 0.865 bits per heavy atom. The fraction of sp³-hybridized carbons (Fsp3) is 0.538. The first-order valence-corrected chi connectivity index (χ1v) is 17.9. The molecule has 1 saturated heterocycles. The number of carbonyl (C=O) groups is 6. The van der Waals surface area contributed by atoms with Crippen molar-refractivity contribution in [3.8, 4) is 5.75 Å². The van der Waals surface area contributed by atoms with Gasteiger partial charge in [0.2, 0.25) is 12.1 Å². The highest BCUT2D eigenvalue weighted by Crippen LogP contribution is 2.40. The molecule has 12 nitrogen and oxygen atoms in total. The SMILES string of the molecule is CCC(Oc1ccc(C(C)(C)CC)cc1C(C)(C)CC)C(=O)Nc1cccc(NC(=O)C(Cl)(C(=O)C(C)(C)C)N2C(=O)C(OC)N(C(C)=O)C2=O)c1. The molecule has 2 N–H and O–H groups in total. The first-order chi connectivity index (χ1) is 24.0. The maximum absolute atomic E-state index is 13.9. The molecule has 2 aromatic rings. The van der Waals surface area contributed by atoms with E-state index in [9.17, 15) is 28.8 Å². The van der Waals surface area contributed by atoms with Crippen LogP contribution in [0.15, 0.2) is 42.5 Å². The van der Waals surface area contributed by atoms with Crippen LogP contribution >= 0.6 is 11.6 Å². The molecule has 13 heteroatoms. The quantitative estimate of drug-likeness (QED) is 0.0899. The van der Waals surface area contributed by atoms with Crippen LogP contribution in [0.2, 0.25) is 0 Å². The molecule has 0 spiro atoms. The van der Waals surface area contributed by atoms with E-state index in [0.717, 1.165) is 32.4 Å². The molecule has 0 aliphatic carbocycles. The molecule has 1 aliphatic heterocycles. The second-order valence-electron chi connectivity index (χ2n) is 15.4. The third kappa shape index (κ3) is 8.33. The number of alkyl halides is 1. The third-order valence-corrected chi connectivity index (χ3v) is 10.3. The number of imide groups is 2. The lowest BCUT2D eigenvalue weighted by molar-refractivity contribution is -0.152. The molecule has 0 aromatic heterocycles. The van der Waals surface area contributed by atoms with Gasteiger partial charge in [-0.1, -0.05) is 99.0 Å². The number of halogens is 1. The Kier molecular flexibility index (Phi) is 12.8. The summed E-state index contributed by atoms with van der Waals surface area (Å²) < 4.78 is 11.5. The van der Waals surface area contributed by atoms with Crippen molar-refractivity contribution < 1.29 is 38.2 Å². The molecule has 0 saturated carbocycles. The average molecular weight is 741 g/mol. The maximum atomic E-state index is 13.9. The molecule has 284 valence electrons. The number of hydrogen-bond acceptors (Lipinski definition) is 8. The number of nitrogens with one attached hydrogen (secondary N) is 2. The molecule has 3 rings (SSSR count). The second kappa shape index (κ2) is 15.8. The molecule has 1 fully saturated rings. The summed E-state index contributed by atoms with van der Waals surface area (Å²) in [7, 11) is 1.10. The zero-order valence-corrected chi connectivity index (χ0v) is 33.1. The number of carbonyl (C=O) groups excluding carboxylic acids is 6. The van der Waals surface area contributed by atoms with E-state index in [-0.39, 0.29) is 27.1 Å². The number of urea groups is 1. The Balaban J connectivity index is 1.93.